The molecule has 0 aliphatic rings. The van der Waals surface area contributed by atoms with E-state index in [0.29, 0.717) is 11.5 Å². The Bertz CT molecular complexity index is 1040. The van der Waals surface area contributed by atoms with Gasteiger partial charge in [0, 0.05) is 11.9 Å². The number of nitrogens with zero attached hydrogens (tertiary/aromatic N) is 4. The van der Waals surface area contributed by atoms with E-state index in [2.05, 4.69) is 20.4 Å². The summed E-state index contributed by atoms with van der Waals surface area (Å²) in [7, 11) is 0. The van der Waals surface area contributed by atoms with Gasteiger partial charge in [-0.1, -0.05) is 29.5 Å². The zero-order chi connectivity index (χ0) is 18.1. The van der Waals surface area contributed by atoms with E-state index in [9.17, 15) is 4.79 Å². The summed E-state index contributed by atoms with van der Waals surface area (Å²) >= 11 is 2.96. The molecule has 7 nitrogen and oxygen atoms in total. The van der Waals surface area contributed by atoms with Crippen LogP contribution in [0.1, 0.15) is 23.6 Å². The molecular weight excluding hydrogens is 370 g/mol. The van der Waals surface area contributed by atoms with Crippen LogP contribution in [0, 0.1) is 6.92 Å². The van der Waals surface area contributed by atoms with E-state index < -0.39 is 12.2 Å². The zero-order valence-electron chi connectivity index (χ0n) is 14.0. The van der Waals surface area contributed by atoms with E-state index in [0.717, 1.165) is 20.4 Å². The molecule has 132 valence electrons. The number of ether oxygens (including phenoxy) is 1. The first-order valence-corrected chi connectivity index (χ1v) is 9.59. The molecule has 4 rings (SSSR count). The molecule has 9 heteroatoms. The third kappa shape index (κ3) is 3.18. The number of hydrogen-bond donors (Lipinski definition) is 1. The second-order valence-corrected chi connectivity index (χ2v) is 7.48. The Morgan fingerprint density at radius 3 is 2.81 bits per heavy atom. The fourth-order valence-corrected chi connectivity index (χ4v) is 4.14. The Morgan fingerprint density at radius 2 is 2.12 bits per heavy atom. The molecule has 1 aromatic carbocycles. The molecule has 0 saturated carbocycles. The van der Waals surface area contributed by atoms with Crippen LogP contribution >= 0.6 is 22.7 Å². The molecule has 1 amide bonds. The minimum Gasteiger partial charge on any atom is -0.440 e. The standard InChI is InChI=1S/C17H15N5O2S2/c1-10-14(11(2)24-17(23)19-12-6-4-3-5-7-12)26-16-20-15(21-22(10)16)13-8-18-9-25-13/h3-9,11H,1-2H3,(H,19,23). The Balaban J connectivity index is 1.51. The highest BCUT2D eigenvalue weighted by Gasteiger charge is 2.21. The van der Waals surface area contributed by atoms with Crippen molar-refractivity contribution in [3.63, 3.8) is 0 Å². The van der Waals surface area contributed by atoms with Crippen molar-refractivity contribution in [2.24, 2.45) is 0 Å². The molecule has 1 N–H and O–H groups in total. The van der Waals surface area contributed by atoms with E-state index >= 15 is 0 Å². The van der Waals surface area contributed by atoms with Crippen molar-refractivity contribution in [1.82, 2.24) is 19.6 Å². The second-order valence-electron chi connectivity index (χ2n) is 5.59. The van der Waals surface area contributed by atoms with Gasteiger partial charge >= 0.3 is 6.09 Å². The third-order valence-electron chi connectivity index (χ3n) is 3.78. The van der Waals surface area contributed by atoms with Crippen molar-refractivity contribution >= 4 is 39.4 Å². The van der Waals surface area contributed by atoms with Crippen LogP contribution in [0.4, 0.5) is 10.5 Å². The maximum Gasteiger partial charge on any atom is 0.412 e. The number of aryl methyl sites for hydroxylation is 1. The summed E-state index contributed by atoms with van der Waals surface area (Å²) in [5.74, 6) is 0.656. The Morgan fingerprint density at radius 1 is 1.31 bits per heavy atom. The maximum absolute atomic E-state index is 12.1. The molecule has 3 aromatic heterocycles. The van der Waals surface area contributed by atoms with Gasteiger partial charge in [0.1, 0.15) is 6.10 Å². The molecule has 0 aliphatic carbocycles. The number of nitrogens with one attached hydrogen (secondary N) is 1. The largest absolute Gasteiger partial charge is 0.440 e. The highest BCUT2D eigenvalue weighted by atomic mass is 32.1. The number of para-hydroxylation sites is 1. The van der Waals surface area contributed by atoms with Crippen molar-refractivity contribution in [2.75, 3.05) is 5.32 Å². The topological polar surface area (TPSA) is 81.4 Å². The number of carbonyl (C=O) groups is 1. The number of carbonyl (C=O) groups excluding carboxylic acids is 1. The van der Waals surface area contributed by atoms with Gasteiger partial charge in [0.2, 0.25) is 4.96 Å². The summed E-state index contributed by atoms with van der Waals surface area (Å²) in [5, 5.41) is 7.25. The number of fused-ring (bicyclic) bond motifs is 1. The molecule has 26 heavy (non-hydrogen) atoms. The van der Waals surface area contributed by atoms with Gasteiger partial charge in [-0.25, -0.2) is 9.31 Å². The van der Waals surface area contributed by atoms with Crippen molar-refractivity contribution in [1.29, 1.82) is 0 Å². The van der Waals surface area contributed by atoms with Crippen LogP contribution in [-0.2, 0) is 4.74 Å². The predicted molar refractivity (Wildman–Crippen MR) is 102 cm³/mol. The first-order valence-electron chi connectivity index (χ1n) is 7.89. The van der Waals surface area contributed by atoms with E-state index in [1.54, 1.807) is 28.4 Å². The molecule has 0 radical (unpaired) electrons. The SMILES string of the molecule is Cc1c(C(C)OC(=O)Nc2ccccc2)sc2nc(-c3cncs3)nn12. The monoisotopic (exact) mass is 385 g/mol. The lowest BCUT2D eigenvalue weighted by Crippen LogP contribution is -2.16. The van der Waals surface area contributed by atoms with Gasteiger partial charge in [-0.2, -0.15) is 4.98 Å². The molecule has 1 atom stereocenters. The molecular formula is C17H15N5O2S2. The van der Waals surface area contributed by atoms with Gasteiger partial charge in [-0.3, -0.25) is 10.3 Å². The molecule has 1 unspecified atom stereocenters. The van der Waals surface area contributed by atoms with Crippen LogP contribution in [0.3, 0.4) is 0 Å². The number of rotatable bonds is 4. The lowest BCUT2D eigenvalue weighted by Gasteiger charge is -2.13. The second kappa shape index (κ2) is 6.85. The normalized spacial score (nSPS) is 12.2. The smallest absolute Gasteiger partial charge is 0.412 e. The first kappa shape index (κ1) is 16.7. The van der Waals surface area contributed by atoms with E-state index in [1.807, 2.05) is 32.0 Å². The van der Waals surface area contributed by atoms with Crippen molar-refractivity contribution in [3.8, 4) is 10.7 Å². The third-order valence-corrected chi connectivity index (χ3v) is 5.84. The quantitative estimate of drug-likeness (QED) is 0.558. The van der Waals surface area contributed by atoms with Crippen LogP contribution in [0.15, 0.2) is 42.0 Å². The minimum atomic E-state index is -0.493. The van der Waals surface area contributed by atoms with Crippen LogP contribution in [0.25, 0.3) is 15.7 Å². The average molecular weight is 385 g/mol. The number of anilines is 1. The number of hydrogen-bond acceptors (Lipinski definition) is 7. The summed E-state index contributed by atoms with van der Waals surface area (Å²) in [4.78, 5) is 23.3. The van der Waals surface area contributed by atoms with Crippen LogP contribution in [0.2, 0.25) is 0 Å². The van der Waals surface area contributed by atoms with Crippen molar-refractivity contribution in [2.45, 2.75) is 20.0 Å². The van der Waals surface area contributed by atoms with Gasteiger partial charge in [-0.05, 0) is 26.0 Å². The van der Waals surface area contributed by atoms with Crippen molar-refractivity contribution < 1.29 is 9.53 Å². The fraction of sp³-hybridized carbons (Fsp3) is 0.176. The maximum atomic E-state index is 12.1. The fourth-order valence-electron chi connectivity index (χ4n) is 2.55. The summed E-state index contributed by atoms with van der Waals surface area (Å²) in [6.45, 7) is 3.78. The number of benzene rings is 1. The number of amides is 1. The van der Waals surface area contributed by atoms with E-state index in [4.69, 9.17) is 4.74 Å². The lowest BCUT2D eigenvalue weighted by atomic mass is 10.3. The lowest BCUT2D eigenvalue weighted by molar-refractivity contribution is 0.122. The van der Waals surface area contributed by atoms with Gasteiger partial charge in [0.05, 0.1) is 21.0 Å². The van der Waals surface area contributed by atoms with Crippen LogP contribution in [-0.4, -0.2) is 25.7 Å². The summed E-state index contributed by atoms with van der Waals surface area (Å²) in [5.41, 5.74) is 3.36. The number of thiazole rings is 2. The summed E-state index contributed by atoms with van der Waals surface area (Å²) in [6, 6.07) is 9.20. The highest BCUT2D eigenvalue weighted by Crippen LogP contribution is 2.31. The summed E-state index contributed by atoms with van der Waals surface area (Å²) < 4.78 is 7.29. The van der Waals surface area contributed by atoms with Crippen LogP contribution in [0.5, 0.6) is 0 Å². The Labute approximate surface area is 157 Å². The first-order chi connectivity index (χ1) is 12.6. The molecule has 0 fully saturated rings. The highest BCUT2D eigenvalue weighted by molar-refractivity contribution is 7.17. The van der Waals surface area contributed by atoms with Gasteiger partial charge in [-0.15, -0.1) is 16.4 Å². The average Bonchev–Trinajstić information content (AvgIpc) is 3.33. The van der Waals surface area contributed by atoms with Crippen LogP contribution < -0.4 is 5.32 Å². The van der Waals surface area contributed by atoms with Crippen molar-refractivity contribution in [3.05, 3.63) is 52.6 Å². The van der Waals surface area contributed by atoms with Gasteiger partial charge < -0.3 is 4.74 Å². The molecule has 0 aliphatic heterocycles. The predicted octanol–water partition coefficient (Wildman–Crippen LogP) is 4.53. The van der Waals surface area contributed by atoms with E-state index in [1.165, 1.54) is 22.7 Å². The molecule has 3 heterocycles. The molecule has 4 aromatic rings. The Hall–Kier alpha value is -2.78. The van der Waals surface area contributed by atoms with E-state index in [-0.39, 0.29) is 0 Å². The minimum absolute atomic E-state index is 0.404. The zero-order valence-corrected chi connectivity index (χ0v) is 15.7. The van der Waals surface area contributed by atoms with Gasteiger partial charge in [0.15, 0.2) is 5.82 Å². The molecule has 0 bridgehead atoms. The van der Waals surface area contributed by atoms with Gasteiger partial charge in [0.25, 0.3) is 0 Å². The molecule has 0 spiro atoms. The number of aromatic nitrogens is 4. The molecule has 0 saturated heterocycles. The summed E-state index contributed by atoms with van der Waals surface area (Å²) in [6.07, 6.45) is 0.853. The Kier molecular flexibility index (Phi) is 4.39.